The molecular weight excluding hydrogens is 406 g/mol. The fraction of sp³-hybridized carbons (Fsp3) is 0.231. The Kier molecular flexibility index (Phi) is 5.19. The molecule has 4 atom stereocenters. The minimum atomic E-state index is -1.68. The van der Waals surface area contributed by atoms with Gasteiger partial charge >= 0.3 is 0 Å². The van der Waals surface area contributed by atoms with Crippen LogP contribution in [0.4, 0.5) is 0 Å². The first kappa shape index (κ1) is 19.6. The first-order valence-corrected chi connectivity index (χ1v) is 14.7. The Bertz CT molecular complexity index is 993. The van der Waals surface area contributed by atoms with Gasteiger partial charge in [-0.2, -0.15) is 0 Å². The largest absolute Gasteiger partial charge is 0.550 e. The lowest BCUT2D eigenvalue weighted by atomic mass is 9.94. The third kappa shape index (κ3) is 3.06. The second kappa shape index (κ2) is 7.70. The first-order chi connectivity index (χ1) is 14.1. The molecule has 0 spiro atoms. The van der Waals surface area contributed by atoms with E-state index in [9.17, 15) is 0 Å². The molecule has 0 aliphatic carbocycles. The van der Waals surface area contributed by atoms with E-state index < -0.39 is 14.4 Å². The zero-order chi connectivity index (χ0) is 20.0. The van der Waals surface area contributed by atoms with E-state index in [0.29, 0.717) is 17.0 Å². The molecule has 2 aliphatic rings. The Morgan fingerprint density at radius 1 is 0.724 bits per heavy atom. The predicted octanol–water partition coefficient (Wildman–Crippen LogP) is 5.78. The van der Waals surface area contributed by atoms with E-state index in [-0.39, 0.29) is 0 Å². The van der Waals surface area contributed by atoms with Gasteiger partial charge in [0.2, 0.25) is 0 Å². The SMILES string of the molecule is CC1=C(C)[C@@H]2[C@@H](P(c3ccccc3)c3ccccc3)C[C@H]1[P+]2([S-])c1ccccc1. The van der Waals surface area contributed by atoms with E-state index in [2.05, 4.69) is 105 Å². The van der Waals surface area contributed by atoms with Crippen molar-refractivity contribution in [1.29, 1.82) is 0 Å². The monoisotopic (exact) mass is 432 g/mol. The van der Waals surface area contributed by atoms with Crippen molar-refractivity contribution < 1.29 is 0 Å². The van der Waals surface area contributed by atoms with Gasteiger partial charge in [-0.1, -0.05) is 85.3 Å². The van der Waals surface area contributed by atoms with Crippen LogP contribution in [0, 0.1) is 0 Å². The average Bonchev–Trinajstić information content (AvgIpc) is 3.17. The number of fused-ring (bicyclic) bond motifs is 2. The number of benzene rings is 3. The number of hydrogen-bond donors (Lipinski definition) is 0. The fourth-order valence-electron chi connectivity index (χ4n) is 5.46. The predicted molar refractivity (Wildman–Crippen MR) is 134 cm³/mol. The summed E-state index contributed by atoms with van der Waals surface area (Å²) in [5, 5.41) is 4.43. The highest BCUT2D eigenvalue weighted by Gasteiger charge is 2.62. The lowest BCUT2D eigenvalue weighted by Gasteiger charge is -2.37. The summed E-state index contributed by atoms with van der Waals surface area (Å²) in [5.74, 6) is 0. The van der Waals surface area contributed by atoms with Gasteiger partial charge in [-0.05, 0) is 62.1 Å². The van der Waals surface area contributed by atoms with Crippen LogP contribution in [0.5, 0.6) is 0 Å². The minimum Gasteiger partial charge on any atom is -0.550 e. The highest BCUT2D eigenvalue weighted by Crippen LogP contribution is 2.81. The van der Waals surface area contributed by atoms with Crippen LogP contribution < -0.4 is 15.9 Å². The van der Waals surface area contributed by atoms with Crippen molar-refractivity contribution in [3.05, 3.63) is 102 Å². The van der Waals surface area contributed by atoms with Crippen molar-refractivity contribution in [3.8, 4) is 0 Å². The van der Waals surface area contributed by atoms with E-state index in [0.717, 1.165) is 0 Å². The van der Waals surface area contributed by atoms with Gasteiger partial charge in [0, 0.05) is 5.66 Å². The summed E-state index contributed by atoms with van der Waals surface area (Å²) in [6.45, 7) is 3.05. The topological polar surface area (TPSA) is 0 Å². The normalized spacial score (nSPS) is 28.3. The van der Waals surface area contributed by atoms with Gasteiger partial charge in [0.05, 0.1) is 16.6 Å². The van der Waals surface area contributed by atoms with Crippen LogP contribution in [0.15, 0.2) is 102 Å². The highest BCUT2D eigenvalue weighted by atomic mass is 32.7. The standard InChI is InChI=1S/C26H26P2S/c1-19-20(2)26-24(18-25(19)28(26,29)23-16-10-5-11-17-23)27(21-12-6-3-7-13-21)22-14-8-4-9-15-22/h3-17,24-26H,18H2,1-2H3/t24-,25+,26+,28?/m0/s1. The molecule has 1 unspecified atom stereocenters. The summed E-state index contributed by atoms with van der Waals surface area (Å²) in [7, 11) is -0.434. The Morgan fingerprint density at radius 3 is 1.72 bits per heavy atom. The Morgan fingerprint density at radius 2 is 1.21 bits per heavy atom. The van der Waals surface area contributed by atoms with E-state index in [4.69, 9.17) is 12.2 Å². The van der Waals surface area contributed by atoms with Crippen molar-refractivity contribution in [2.24, 2.45) is 0 Å². The lowest BCUT2D eigenvalue weighted by Crippen LogP contribution is -2.31. The molecule has 0 nitrogen and oxygen atoms in total. The molecule has 0 N–H and O–H groups in total. The average molecular weight is 433 g/mol. The summed E-state index contributed by atoms with van der Waals surface area (Å²) < 4.78 is 0. The summed E-state index contributed by atoms with van der Waals surface area (Å²) in [6, 6.07) is 33.5. The second-order valence-corrected chi connectivity index (χ2v) is 15.6. The molecule has 3 aromatic carbocycles. The van der Waals surface area contributed by atoms with Gasteiger partial charge in [-0.3, -0.25) is 0 Å². The van der Waals surface area contributed by atoms with Crippen LogP contribution in [-0.4, -0.2) is 17.0 Å². The van der Waals surface area contributed by atoms with Crippen LogP contribution in [0.1, 0.15) is 20.3 Å². The number of allylic oxidation sites excluding steroid dienone is 2. The molecule has 5 rings (SSSR count). The van der Waals surface area contributed by atoms with Crippen LogP contribution >= 0.6 is 14.4 Å². The maximum atomic E-state index is 6.67. The van der Waals surface area contributed by atoms with E-state index >= 15 is 0 Å². The van der Waals surface area contributed by atoms with E-state index in [1.165, 1.54) is 22.3 Å². The molecule has 0 saturated carbocycles. The summed E-state index contributed by atoms with van der Waals surface area (Å²) in [6.07, 6.45) is 1.25. The van der Waals surface area contributed by atoms with Crippen molar-refractivity contribution in [3.63, 3.8) is 0 Å². The van der Waals surface area contributed by atoms with Crippen molar-refractivity contribution in [1.82, 2.24) is 0 Å². The minimum absolute atomic E-state index is 0.434. The Labute approximate surface area is 181 Å². The second-order valence-electron chi connectivity index (χ2n) is 8.22. The summed E-state index contributed by atoms with van der Waals surface area (Å²) in [4.78, 5) is 0. The lowest BCUT2D eigenvalue weighted by molar-refractivity contribution is 0.756. The molecule has 29 heavy (non-hydrogen) atoms. The third-order valence-electron chi connectivity index (χ3n) is 6.83. The molecule has 1 fully saturated rings. The smallest absolute Gasteiger partial charge is 0.0839 e. The molecule has 2 heterocycles. The Hall–Kier alpha value is -1.39. The number of hydrogen-bond acceptors (Lipinski definition) is 1. The molecule has 2 bridgehead atoms. The molecule has 146 valence electrons. The summed E-state index contributed by atoms with van der Waals surface area (Å²) in [5.41, 5.74) is 4.94. The van der Waals surface area contributed by atoms with Gasteiger partial charge in [0.15, 0.2) is 0 Å². The van der Waals surface area contributed by atoms with Crippen LogP contribution in [0.2, 0.25) is 0 Å². The van der Waals surface area contributed by atoms with E-state index in [1.54, 1.807) is 11.1 Å². The van der Waals surface area contributed by atoms with Crippen LogP contribution in [0.25, 0.3) is 0 Å². The van der Waals surface area contributed by atoms with E-state index in [1.807, 2.05) is 0 Å². The molecule has 0 radical (unpaired) electrons. The van der Waals surface area contributed by atoms with Gasteiger partial charge in [-0.15, -0.1) is 0 Å². The molecule has 3 heteroatoms. The molecule has 0 aromatic heterocycles. The Balaban J connectivity index is 1.65. The fourth-order valence-corrected chi connectivity index (χ4v) is 16.4. The first-order valence-electron chi connectivity index (χ1n) is 10.3. The van der Waals surface area contributed by atoms with Gasteiger partial charge < -0.3 is 12.2 Å². The third-order valence-corrected chi connectivity index (χ3v) is 16.2. The molecule has 1 saturated heterocycles. The molecule has 0 amide bonds. The van der Waals surface area contributed by atoms with Gasteiger partial charge in [0.25, 0.3) is 0 Å². The molecular formula is C26H26P2S. The van der Waals surface area contributed by atoms with Crippen LogP contribution in [0.3, 0.4) is 0 Å². The zero-order valence-corrected chi connectivity index (χ0v) is 19.5. The number of rotatable bonds is 4. The van der Waals surface area contributed by atoms with Crippen molar-refractivity contribution in [2.45, 2.75) is 37.2 Å². The molecule has 3 aromatic rings. The maximum absolute atomic E-state index is 6.67. The maximum Gasteiger partial charge on any atom is 0.0839 e. The van der Waals surface area contributed by atoms with Crippen molar-refractivity contribution in [2.75, 3.05) is 0 Å². The van der Waals surface area contributed by atoms with Gasteiger partial charge in [0.1, 0.15) is 0 Å². The zero-order valence-electron chi connectivity index (χ0n) is 16.9. The molecule has 2 aliphatic heterocycles. The summed E-state index contributed by atoms with van der Waals surface area (Å²) >= 11 is 6.67. The van der Waals surface area contributed by atoms with Crippen molar-refractivity contribution >= 4 is 42.5 Å². The highest BCUT2D eigenvalue weighted by molar-refractivity contribution is 8.46. The van der Waals surface area contributed by atoms with Crippen LogP contribution in [-0.2, 0) is 12.2 Å². The quantitative estimate of drug-likeness (QED) is 0.286. The van der Waals surface area contributed by atoms with Gasteiger partial charge in [-0.25, -0.2) is 0 Å².